The van der Waals surface area contributed by atoms with Crippen LogP contribution in [0.15, 0.2) is 72.3 Å². The van der Waals surface area contributed by atoms with Crippen LogP contribution in [0.25, 0.3) is 6.08 Å². The highest BCUT2D eigenvalue weighted by atomic mass is 127. The van der Waals surface area contributed by atoms with Crippen LogP contribution < -0.4 is 14.8 Å². The van der Waals surface area contributed by atoms with Gasteiger partial charge in [-0.25, -0.2) is 0 Å². The molecule has 0 aliphatic rings. The lowest BCUT2D eigenvalue weighted by Crippen LogP contribution is -2.27. The molecule has 0 fully saturated rings. The Kier molecular flexibility index (Phi) is 9.41. The fraction of sp³-hybridized carbons (Fsp3) is 0.185. The Hall–Kier alpha value is -3.91. The summed E-state index contributed by atoms with van der Waals surface area (Å²) in [6, 6.07) is 20.8. The minimum atomic E-state index is -0.472. The van der Waals surface area contributed by atoms with E-state index in [-0.39, 0.29) is 23.9 Å². The molecule has 1 atom stereocenters. The maximum Gasteiger partial charge on any atom is 0.269 e. The molecule has 184 valence electrons. The molecule has 3 aromatic rings. The van der Waals surface area contributed by atoms with E-state index in [0.717, 1.165) is 14.7 Å². The third-order valence-electron chi connectivity index (χ3n) is 5.19. The lowest BCUT2D eigenvalue weighted by Gasteiger charge is -2.15. The number of halogens is 1. The molecule has 36 heavy (non-hydrogen) atoms. The molecule has 0 spiro atoms. The van der Waals surface area contributed by atoms with Crippen molar-refractivity contribution >= 4 is 40.3 Å². The van der Waals surface area contributed by atoms with Gasteiger partial charge in [0.1, 0.15) is 18.2 Å². The minimum absolute atomic E-state index is 0.00923. The largest absolute Gasteiger partial charge is 0.490 e. The topological polar surface area (TPSA) is 114 Å². The van der Waals surface area contributed by atoms with Crippen LogP contribution in [-0.4, -0.2) is 17.4 Å². The molecule has 9 heteroatoms. The van der Waals surface area contributed by atoms with E-state index in [1.807, 2.05) is 50.2 Å². The Morgan fingerprint density at radius 3 is 2.47 bits per heavy atom. The Labute approximate surface area is 222 Å². The maximum absolute atomic E-state index is 12.7. The summed E-state index contributed by atoms with van der Waals surface area (Å²) in [5, 5.41) is 23.3. The van der Waals surface area contributed by atoms with Gasteiger partial charge in [0.2, 0.25) is 0 Å². The van der Waals surface area contributed by atoms with Crippen LogP contribution in [0, 0.1) is 25.0 Å². The van der Waals surface area contributed by atoms with E-state index in [1.165, 1.54) is 18.2 Å². The van der Waals surface area contributed by atoms with Crippen LogP contribution in [0.2, 0.25) is 0 Å². The van der Waals surface area contributed by atoms with Crippen molar-refractivity contribution in [3.8, 4) is 17.6 Å². The quantitative estimate of drug-likeness (QED) is 0.101. The fourth-order valence-electron chi connectivity index (χ4n) is 3.36. The standard InChI is InChI=1S/C27H24IN3O5/c1-3-35-25-15-20(13-22(16-29)27(32)30-18(2)21-7-5-4-6-8-21)14-24(28)26(25)36-17-19-9-11-23(12-10-19)31(33)34/h4-15,18H,3,17H2,1-2H3,(H,30,32)/b22-13-/t18-/m1/s1. The summed E-state index contributed by atoms with van der Waals surface area (Å²) in [5.74, 6) is 0.502. The molecule has 1 N–H and O–H groups in total. The van der Waals surface area contributed by atoms with E-state index >= 15 is 0 Å². The van der Waals surface area contributed by atoms with E-state index in [0.29, 0.717) is 23.7 Å². The Morgan fingerprint density at radius 1 is 1.17 bits per heavy atom. The van der Waals surface area contributed by atoms with Crippen molar-refractivity contribution in [1.29, 1.82) is 5.26 Å². The smallest absolute Gasteiger partial charge is 0.269 e. The number of carbonyl (C=O) groups excluding carboxylic acids is 1. The van der Waals surface area contributed by atoms with Crippen LogP contribution in [0.1, 0.15) is 36.6 Å². The van der Waals surface area contributed by atoms with Crippen molar-refractivity contribution in [3.05, 3.63) is 103 Å². The molecular formula is C27H24IN3O5. The molecule has 0 aliphatic carbocycles. The second kappa shape index (κ2) is 12.7. The van der Waals surface area contributed by atoms with Crippen LogP contribution >= 0.6 is 22.6 Å². The number of carbonyl (C=O) groups is 1. The predicted molar refractivity (Wildman–Crippen MR) is 144 cm³/mol. The normalized spacial score (nSPS) is 11.8. The van der Waals surface area contributed by atoms with Crippen molar-refractivity contribution in [1.82, 2.24) is 5.32 Å². The van der Waals surface area contributed by atoms with Gasteiger partial charge in [-0.3, -0.25) is 14.9 Å². The molecule has 0 unspecified atom stereocenters. The highest BCUT2D eigenvalue weighted by Crippen LogP contribution is 2.35. The summed E-state index contributed by atoms with van der Waals surface area (Å²) in [6.07, 6.45) is 1.51. The third kappa shape index (κ3) is 7.05. The summed E-state index contributed by atoms with van der Waals surface area (Å²) >= 11 is 2.10. The lowest BCUT2D eigenvalue weighted by atomic mass is 10.1. The number of nitriles is 1. The molecule has 3 rings (SSSR count). The zero-order chi connectivity index (χ0) is 26.1. The molecule has 1 amide bonds. The summed E-state index contributed by atoms with van der Waals surface area (Å²) in [6.45, 7) is 4.27. The van der Waals surface area contributed by atoms with E-state index < -0.39 is 10.8 Å². The number of nitrogens with one attached hydrogen (secondary N) is 1. The summed E-state index contributed by atoms with van der Waals surface area (Å²) < 4.78 is 12.5. The van der Waals surface area contributed by atoms with E-state index in [4.69, 9.17) is 9.47 Å². The molecule has 0 radical (unpaired) electrons. The molecule has 8 nitrogen and oxygen atoms in total. The molecule has 0 aromatic heterocycles. The summed E-state index contributed by atoms with van der Waals surface area (Å²) in [4.78, 5) is 23.1. The van der Waals surface area contributed by atoms with Crippen molar-refractivity contribution in [2.45, 2.75) is 26.5 Å². The Morgan fingerprint density at radius 2 is 1.86 bits per heavy atom. The molecule has 0 saturated heterocycles. The number of benzene rings is 3. The van der Waals surface area contributed by atoms with Crippen LogP contribution in [0.4, 0.5) is 5.69 Å². The third-order valence-corrected chi connectivity index (χ3v) is 5.99. The first-order chi connectivity index (χ1) is 17.3. The number of hydrogen-bond donors (Lipinski definition) is 1. The van der Waals surface area contributed by atoms with Crippen LogP contribution in [0.5, 0.6) is 11.5 Å². The second-order valence-corrected chi connectivity index (χ2v) is 8.91. The molecule has 3 aromatic carbocycles. The van der Waals surface area contributed by atoms with Gasteiger partial charge in [-0.2, -0.15) is 5.26 Å². The monoisotopic (exact) mass is 597 g/mol. The molecule has 0 aliphatic heterocycles. The van der Waals surface area contributed by atoms with Gasteiger partial charge >= 0.3 is 0 Å². The first-order valence-electron chi connectivity index (χ1n) is 11.1. The second-order valence-electron chi connectivity index (χ2n) is 7.75. The van der Waals surface area contributed by atoms with Gasteiger partial charge in [-0.1, -0.05) is 30.3 Å². The zero-order valence-corrected chi connectivity index (χ0v) is 21.9. The number of ether oxygens (including phenoxy) is 2. The molecule has 0 heterocycles. The average molecular weight is 597 g/mol. The van der Waals surface area contributed by atoms with Gasteiger partial charge in [0.05, 0.1) is 21.1 Å². The lowest BCUT2D eigenvalue weighted by molar-refractivity contribution is -0.384. The van der Waals surface area contributed by atoms with Gasteiger partial charge in [0, 0.05) is 12.1 Å². The van der Waals surface area contributed by atoms with Gasteiger partial charge < -0.3 is 14.8 Å². The van der Waals surface area contributed by atoms with Crippen LogP contribution in [0.3, 0.4) is 0 Å². The number of amides is 1. The molecular weight excluding hydrogens is 573 g/mol. The molecule has 0 bridgehead atoms. The minimum Gasteiger partial charge on any atom is -0.490 e. The van der Waals surface area contributed by atoms with E-state index in [9.17, 15) is 20.2 Å². The van der Waals surface area contributed by atoms with Crippen molar-refractivity contribution in [2.24, 2.45) is 0 Å². The predicted octanol–water partition coefficient (Wildman–Crippen LogP) is 5.96. The Balaban J connectivity index is 1.80. The first kappa shape index (κ1) is 26.7. The van der Waals surface area contributed by atoms with Crippen LogP contribution in [-0.2, 0) is 11.4 Å². The number of nitro benzene ring substituents is 1. The van der Waals surface area contributed by atoms with E-state index in [1.54, 1.807) is 24.3 Å². The summed E-state index contributed by atoms with van der Waals surface area (Å²) in [5.41, 5.74) is 2.29. The summed E-state index contributed by atoms with van der Waals surface area (Å²) in [7, 11) is 0. The number of nitro groups is 1. The SMILES string of the molecule is CCOc1cc(/C=C(/C#N)C(=O)N[C@H](C)c2ccccc2)cc(I)c1OCc1ccc([N+](=O)[O-])cc1. The highest BCUT2D eigenvalue weighted by molar-refractivity contribution is 14.1. The average Bonchev–Trinajstić information content (AvgIpc) is 2.87. The Bertz CT molecular complexity index is 1300. The number of non-ortho nitro benzene ring substituents is 1. The van der Waals surface area contributed by atoms with Gasteiger partial charge in [0.15, 0.2) is 11.5 Å². The van der Waals surface area contributed by atoms with Crippen molar-refractivity contribution in [2.75, 3.05) is 6.61 Å². The van der Waals surface area contributed by atoms with Crippen molar-refractivity contribution in [3.63, 3.8) is 0 Å². The van der Waals surface area contributed by atoms with Gasteiger partial charge in [0.25, 0.3) is 11.6 Å². The number of nitrogens with zero attached hydrogens (tertiary/aromatic N) is 2. The van der Waals surface area contributed by atoms with Crippen molar-refractivity contribution < 1.29 is 19.2 Å². The maximum atomic E-state index is 12.7. The van der Waals surface area contributed by atoms with E-state index in [2.05, 4.69) is 27.9 Å². The van der Waals surface area contributed by atoms with Gasteiger partial charge in [-0.05, 0) is 83.5 Å². The highest BCUT2D eigenvalue weighted by Gasteiger charge is 2.16. The number of rotatable bonds is 10. The fourth-order valence-corrected chi connectivity index (χ4v) is 4.14. The van der Waals surface area contributed by atoms with Gasteiger partial charge in [-0.15, -0.1) is 0 Å². The molecule has 0 saturated carbocycles. The number of hydrogen-bond acceptors (Lipinski definition) is 6. The zero-order valence-electron chi connectivity index (χ0n) is 19.7. The first-order valence-corrected chi connectivity index (χ1v) is 12.2.